The van der Waals surface area contributed by atoms with Crippen molar-refractivity contribution in [3.63, 3.8) is 0 Å². The van der Waals surface area contributed by atoms with Gasteiger partial charge in [-0.3, -0.25) is 9.59 Å². The Bertz CT molecular complexity index is 557. The molecular formula is C15H21N3O2S. The maximum atomic E-state index is 12.8. The van der Waals surface area contributed by atoms with Gasteiger partial charge in [-0.1, -0.05) is 0 Å². The second kappa shape index (κ2) is 5.75. The van der Waals surface area contributed by atoms with Gasteiger partial charge in [0.05, 0.1) is 12.0 Å². The average Bonchev–Trinajstić information content (AvgIpc) is 3.05. The van der Waals surface area contributed by atoms with Crippen LogP contribution in [-0.4, -0.2) is 46.7 Å². The third-order valence-corrected chi connectivity index (χ3v) is 5.46. The number of amides is 2. The van der Waals surface area contributed by atoms with Crippen molar-refractivity contribution in [1.29, 1.82) is 0 Å². The van der Waals surface area contributed by atoms with Crippen molar-refractivity contribution < 1.29 is 9.59 Å². The van der Waals surface area contributed by atoms with E-state index in [0.717, 1.165) is 36.5 Å². The Kier molecular flexibility index (Phi) is 3.97. The Balaban J connectivity index is 1.78. The summed E-state index contributed by atoms with van der Waals surface area (Å²) in [6.07, 6.45) is 3.52. The summed E-state index contributed by atoms with van der Waals surface area (Å²) < 4.78 is 0. The molecule has 0 unspecified atom stereocenters. The highest BCUT2D eigenvalue weighted by Crippen LogP contribution is 2.34. The predicted octanol–water partition coefficient (Wildman–Crippen LogP) is 1.98. The van der Waals surface area contributed by atoms with E-state index in [1.54, 1.807) is 23.3 Å². The van der Waals surface area contributed by atoms with Crippen LogP contribution in [0.2, 0.25) is 0 Å². The molecule has 2 aliphatic rings. The second-order valence-electron chi connectivity index (χ2n) is 6.05. The van der Waals surface area contributed by atoms with Crippen molar-refractivity contribution in [1.82, 2.24) is 14.8 Å². The Morgan fingerprint density at radius 1 is 1.43 bits per heavy atom. The van der Waals surface area contributed by atoms with Crippen LogP contribution in [0.4, 0.5) is 0 Å². The van der Waals surface area contributed by atoms with Crippen LogP contribution in [0.25, 0.3) is 0 Å². The molecule has 5 nitrogen and oxygen atoms in total. The zero-order chi connectivity index (χ0) is 15.0. The third kappa shape index (κ3) is 2.81. The van der Waals surface area contributed by atoms with Gasteiger partial charge >= 0.3 is 0 Å². The molecule has 0 N–H and O–H groups in total. The number of nitrogens with zero attached hydrogens (tertiary/aromatic N) is 3. The summed E-state index contributed by atoms with van der Waals surface area (Å²) in [7, 11) is 1.77. The van der Waals surface area contributed by atoms with Crippen LogP contribution in [-0.2, 0) is 9.59 Å². The molecule has 1 aromatic rings. The van der Waals surface area contributed by atoms with Crippen LogP contribution in [0.15, 0.2) is 5.38 Å². The first-order valence-electron chi connectivity index (χ1n) is 7.52. The summed E-state index contributed by atoms with van der Waals surface area (Å²) >= 11 is 1.64. The number of hydrogen-bond donors (Lipinski definition) is 0. The molecule has 3 heterocycles. The van der Waals surface area contributed by atoms with Crippen LogP contribution in [0.3, 0.4) is 0 Å². The molecule has 2 aliphatic heterocycles. The first kappa shape index (κ1) is 14.5. The lowest BCUT2D eigenvalue weighted by atomic mass is 9.99. The first-order chi connectivity index (χ1) is 10.1. The number of carbonyl (C=O) groups excluding carboxylic acids is 2. The monoisotopic (exact) mass is 307 g/mol. The van der Waals surface area contributed by atoms with E-state index in [9.17, 15) is 9.59 Å². The average molecular weight is 307 g/mol. The topological polar surface area (TPSA) is 53.5 Å². The van der Waals surface area contributed by atoms with E-state index in [-0.39, 0.29) is 23.8 Å². The van der Waals surface area contributed by atoms with E-state index in [4.69, 9.17) is 0 Å². The third-order valence-electron chi connectivity index (χ3n) is 4.40. The van der Waals surface area contributed by atoms with Crippen molar-refractivity contribution in [2.45, 2.75) is 38.6 Å². The molecule has 0 bridgehead atoms. The first-order valence-corrected chi connectivity index (χ1v) is 8.40. The number of thiazole rings is 1. The molecule has 21 heavy (non-hydrogen) atoms. The Morgan fingerprint density at radius 2 is 2.24 bits per heavy atom. The van der Waals surface area contributed by atoms with E-state index in [0.29, 0.717) is 13.0 Å². The van der Waals surface area contributed by atoms with Crippen molar-refractivity contribution in [3.8, 4) is 0 Å². The van der Waals surface area contributed by atoms with Gasteiger partial charge in [-0.05, 0) is 26.2 Å². The number of carbonyl (C=O) groups is 2. The normalized spacial score (nSPS) is 26.5. The highest BCUT2D eigenvalue weighted by Gasteiger charge is 2.38. The predicted molar refractivity (Wildman–Crippen MR) is 80.9 cm³/mol. The lowest BCUT2D eigenvalue weighted by molar-refractivity contribution is -0.139. The van der Waals surface area contributed by atoms with Gasteiger partial charge < -0.3 is 9.80 Å². The highest BCUT2D eigenvalue weighted by molar-refractivity contribution is 7.09. The number of hydrogen-bond acceptors (Lipinski definition) is 4. The lowest BCUT2D eigenvalue weighted by Gasteiger charge is -2.36. The molecule has 0 radical (unpaired) electrons. The molecule has 1 aromatic heterocycles. The van der Waals surface area contributed by atoms with Gasteiger partial charge in [-0.2, -0.15) is 0 Å². The number of aromatic nitrogens is 1. The standard InChI is InChI=1S/C15H21N3O2S/c1-10-9-21-14(16-10)12-5-3-4-6-18(12)15(20)11-7-13(19)17(2)8-11/h9,11-12H,3-8H2,1-2H3/t11-,12+/m1/s1. The molecule has 2 saturated heterocycles. The molecule has 2 amide bonds. The Labute approximate surface area is 129 Å². The second-order valence-corrected chi connectivity index (χ2v) is 6.94. The summed E-state index contributed by atoms with van der Waals surface area (Å²) in [6.45, 7) is 3.33. The molecule has 0 spiro atoms. The molecule has 114 valence electrons. The van der Waals surface area contributed by atoms with Gasteiger partial charge in [-0.15, -0.1) is 11.3 Å². The molecule has 0 aromatic carbocycles. The van der Waals surface area contributed by atoms with Gasteiger partial charge in [0, 0.05) is 37.6 Å². The molecule has 2 fully saturated rings. The van der Waals surface area contributed by atoms with E-state index in [1.807, 2.05) is 17.2 Å². The number of piperidine rings is 1. The van der Waals surface area contributed by atoms with E-state index < -0.39 is 0 Å². The molecule has 6 heteroatoms. The fourth-order valence-corrected chi connectivity index (χ4v) is 4.18. The van der Waals surface area contributed by atoms with Crippen molar-refractivity contribution >= 4 is 23.2 Å². The van der Waals surface area contributed by atoms with Gasteiger partial charge in [0.15, 0.2) is 0 Å². The number of likely N-dealkylation sites (tertiary alicyclic amines) is 2. The Hall–Kier alpha value is -1.43. The lowest BCUT2D eigenvalue weighted by Crippen LogP contribution is -2.42. The zero-order valence-corrected chi connectivity index (χ0v) is 13.4. The minimum Gasteiger partial charge on any atom is -0.345 e. The molecule has 3 rings (SSSR count). The smallest absolute Gasteiger partial charge is 0.228 e. The number of rotatable bonds is 2. The summed E-state index contributed by atoms with van der Waals surface area (Å²) in [4.78, 5) is 32.7. The molecule has 0 saturated carbocycles. The highest BCUT2D eigenvalue weighted by atomic mass is 32.1. The zero-order valence-electron chi connectivity index (χ0n) is 12.5. The van der Waals surface area contributed by atoms with Crippen LogP contribution in [0.1, 0.15) is 42.4 Å². The maximum Gasteiger partial charge on any atom is 0.228 e. The van der Waals surface area contributed by atoms with Gasteiger partial charge in [-0.25, -0.2) is 4.98 Å². The van der Waals surface area contributed by atoms with Crippen molar-refractivity contribution in [2.24, 2.45) is 5.92 Å². The fourth-order valence-electron chi connectivity index (χ4n) is 3.24. The Morgan fingerprint density at radius 3 is 2.86 bits per heavy atom. The quantitative estimate of drug-likeness (QED) is 0.839. The number of aryl methyl sites for hydroxylation is 1. The molecule has 2 atom stereocenters. The van der Waals surface area contributed by atoms with Crippen LogP contribution in [0, 0.1) is 12.8 Å². The van der Waals surface area contributed by atoms with Gasteiger partial charge in [0.2, 0.25) is 11.8 Å². The minimum absolute atomic E-state index is 0.0759. The van der Waals surface area contributed by atoms with Gasteiger partial charge in [0.1, 0.15) is 5.01 Å². The van der Waals surface area contributed by atoms with E-state index in [2.05, 4.69) is 4.98 Å². The summed E-state index contributed by atoms with van der Waals surface area (Å²) in [5.41, 5.74) is 1.02. The minimum atomic E-state index is -0.177. The molecular weight excluding hydrogens is 286 g/mol. The van der Waals surface area contributed by atoms with Gasteiger partial charge in [0.25, 0.3) is 0 Å². The largest absolute Gasteiger partial charge is 0.345 e. The van der Waals surface area contributed by atoms with Crippen LogP contribution >= 0.6 is 11.3 Å². The summed E-state index contributed by atoms with van der Waals surface area (Å²) in [5.74, 6) is 0.0291. The maximum absolute atomic E-state index is 12.8. The van der Waals surface area contributed by atoms with Crippen molar-refractivity contribution in [3.05, 3.63) is 16.1 Å². The van der Waals surface area contributed by atoms with Crippen LogP contribution in [0.5, 0.6) is 0 Å². The summed E-state index contributed by atoms with van der Waals surface area (Å²) in [5, 5.41) is 3.08. The van der Waals surface area contributed by atoms with E-state index >= 15 is 0 Å². The van der Waals surface area contributed by atoms with Crippen LogP contribution < -0.4 is 0 Å². The SMILES string of the molecule is Cc1csc([C@@H]2CCCCN2C(=O)[C@@H]2CC(=O)N(C)C2)n1. The molecule has 0 aliphatic carbocycles. The summed E-state index contributed by atoms with van der Waals surface area (Å²) in [6, 6.07) is 0.103. The van der Waals surface area contributed by atoms with Crippen molar-refractivity contribution in [2.75, 3.05) is 20.1 Å². The van der Waals surface area contributed by atoms with E-state index in [1.165, 1.54) is 0 Å². The fraction of sp³-hybridized carbons (Fsp3) is 0.667.